The molecule has 0 spiro atoms. The van der Waals surface area contributed by atoms with E-state index in [0.29, 0.717) is 16.6 Å². The predicted molar refractivity (Wildman–Crippen MR) is 227 cm³/mol. The number of carbonyl (C=O) groups is 8. The van der Waals surface area contributed by atoms with Crippen LogP contribution in [0.15, 0.2) is 90.0 Å². The van der Waals surface area contributed by atoms with Crippen LogP contribution in [0.5, 0.6) is 0 Å². The Balaban J connectivity index is 0.000000201. The quantitative estimate of drug-likeness (QED) is 0.0830. The highest BCUT2D eigenvalue weighted by atomic mass is 32.2. The molecule has 1 unspecified atom stereocenters. The maximum absolute atomic E-state index is 13.4. The molecule has 0 bridgehead atoms. The normalized spacial score (nSPS) is 24.5. The van der Waals surface area contributed by atoms with E-state index >= 15 is 0 Å². The van der Waals surface area contributed by atoms with Crippen LogP contribution in [0, 0.1) is 0 Å². The molecule has 328 valence electrons. The van der Waals surface area contributed by atoms with Gasteiger partial charge in [0.05, 0.1) is 5.52 Å². The fourth-order valence-electron chi connectivity index (χ4n) is 8.18. The monoisotopic (exact) mass is 899 g/mol. The molecule has 4 fully saturated rings. The lowest BCUT2D eigenvalue weighted by molar-refractivity contribution is -0.161. The first-order valence-corrected chi connectivity index (χ1v) is 21.2. The lowest BCUT2D eigenvalue weighted by Gasteiger charge is -2.44. The lowest BCUT2D eigenvalue weighted by atomic mass is 9.94. The Kier molecular flexibility index (Phi) is 11.9. The SMILES string of the molecule is CC1(C)S[C@@H]2[C@H](NC(=O)C(C(=O)O)c3ccccc3)C(=O)N2[C@H]1C(=O)O.CC1(C)S[C@@H]2[C@H](NC(=O)[C@H](NC(=O)c3c[nH]c4cccnc4c3=O)c3ccccc3)C(=O)N2[C@H]1C(=O)O. The van der Waals surface area contributed by atoms with Crippen molar-refractivity contribution >= 4 is 82.0 Å². The molecule has 4 aromatic rings. The predicted octanol–water partition coefficient (Wildman–Crippen LogP) is 1.51. The van der Waals surface area contributed by atoms with E-state index in [9.17, 15) is 58.5 Å². The second-order valence-electron chi connectivity index (χ2n) is 16.1. The van der Waals surface area contributed by atoms with Crippen LogP contribution in [0.2, 0.25) is 0 Å². The minimum Gasteiger partial charge on any atom is -0.480 e. The molecule has 8 rings (SSSR count). The number of β-lactam (4-membered cyclic amide) rings is 2. The first-order valence-electron chi connectivity index (χ1n) is 19.4. The minimum atomic E-state index is -1.44. The molecule has 0 saturated carbocycles. The molecular weight excluding hydrogens is 859 g/mol. The fraction of sp³-hybridized carbons (Fsp3) is 0.333. The summed E-state index contributed by atoms with van der Waals surface area (Å²) in [5, 5.41) is 35.1. The highest BCUT2D eigenvalue weighted by molar-refractivity contribution is 8.02. The Morgan fingerprint density at radius 3 is 1.68 bits per heavy atom. The maximum atomic E-state index is 13.4. The Bertz CT molecular complexity index is 2610. The van der Waals surface area contributed by atoms with Gasteiger partial charge in [-0.25, -0.2) is 9.59 Å². The van der Waals surface area contributed by atoms with E-state index < -0.39 is 109 Å². The van der Waals surface area contributed by atoms with Crippen LogP contribution in [-0.2, 0) is 33.6 Å². The first kappa shape index (κ1) is 44.3. The average Bonchev–Trinajstić information content (AvgIpc) is 3.66. The van der Waals surface area contributed by atoms with Crippen LogP contribution >= 0.6 is 23.5 Å². The van der Waals surface area contributed by atoms with E-state index in [-0.39, 0.29) is 11.1 Å². The number of nitrogens with one attached hydrogen (secondary N) is 4. The molecule has 4 aliphatic rings. The Morgan fingerprint density at radius 2 is 1.19 bits per heavy atom. The average molecular weight is 900 g/mol. The zero-order valence-electron chi connectivity index (χ0n) is 33.9. The molecule has 19 nitrogen and oxygen atoms in total. The van der Waals surface area contributed by atoms with Gasteiger partial charge in [-0.2, -0.15) is 0 Å². The summed E-state index contributed by atoms with van der Waals surface area (Å²) in [6.07, 6.45) is 2.70. The van der Waals surface area contributed by atoms with Gasteiger partial charge in [-0.15, -0.1) is 23.5 Å². The van der Waals surface area contributed by atoms with Crippen LogP contribution in [-0.4, -0.2) is 127 Å². The molecule has 0 radical (unpaired) electrons. The van der Waals surface area contributed by atoms with Gasteiger partial charge < -0.3 is 46.1 Å². The van der Waals surface area contributed by atoms with Crippen molar-refractivity contribution in [1.29, 1.82) is 0 Å². The van der Waals surface area contributed by atoms with Crippen molar-refractivity contribution < 1.29 is 53.7 Å². The number of aromatic amines is 1. The summed E-state index contributed by atoms with van der Waals surface area (Å²) in [6, 6.07) is 14.6. The van der Waals surface area contributed by atoms with Gasteiger partial charge in [0.1, 0.15) is 52.0 Å². The highest BCUT2D eigenvalue weighted by Gasteiger charge is 2.65. The third-order valence-corrected chi connectivity index (χ3v) is 14.3. The topological polar surface area (TPSA) is 286 Å². The number of hydrogen-bond donors (Lipinski definition) is 7. The van der Waals surface area contributed by atoms with Crippen molar-refractivity contribution in [2.45, 2.75) is 84.1 Å². The van der Waals surface area contributed by atoms with Gasteiger partial charge >= 0.3 is 17.9 Å². The molecule has 0 aliphatic carbocycles. The number of carboxylic acid groups (broad SMARTS) is 3. The number of aromatic nitrogens is 2. The number of benzene rings is 2. The van der Waals surface area contributed by atoms with Crippen LogP contribution in [0.3, 0.4) is 0 Å². The van der Waals surface area contributed by atoms with Crippen molar-refractivity contribution in [3.63, 3.8) is 0 Å². The van der Waals surface area contributed by atoms with E-state index in [4.69, 9.17) is 0 Å². The molecule has 21 heteroatoms. The third kappa shape index (κ3) is 8.08. The van der Waals surface area contributed by atoms with Crippen LogP contribution in [0.1, 0.15) is 61.1 Å². The molecule has 7 N–H and O–H groups in total. The number of carboxylic acids is 3. The largest absolute Gasteiger partial charge is 0.480 e. The Hall–Kier alpha value is -6.74. The third-order valence-electron chi connectivity index (χ3n) is 11.1. The number of H-pyrrole nitrogens is 1. The Labute approximate surface area is 366 Å². The zero-order chi connectivity index (χ0) is 45.7. The molecule has 4 saturated heterocycles. The number of carbonyl (C=O) groups excluding carboxylic acids is 5. The molecule has 2 aromatic heterocycles. The van der Waals surface area contributed by atoms with Crippen LogP contribution in [0.4, 0.5) is 0 Å². The summed E-state index contributed by atoms with van der Waals surface area (Å²) in [5.41, 5.74) is 0.492. The van der Waals surface area contributed by atoms with Crippen molar-refractivity contribution in [1.82, 2.24) is 35.7 Å². The highest BCUT2D eigenvalue weighted by Crippen LogP contribution is 2.52. The van der Waals surface area contributed by atoms with Gasteiger partial charge in [0, 0.05) is 21.9 Å². The van der Waals surface area contributed by atoms with Crippen molar-refractivity contribution in [3.05, 3.63) is 112 Å². The Morgan fingerprint density at radius 1 is 0.698 bits per heavy atom. The van der Waals surface area contributed by atoms with E-state index in [2.05, 4.69) is 25.9 Å². The van der Waals surface area contributed by atoms with E-state index in [1.165, 1.54) is 57.9 Å². The number of rotatable bonds is 11. The number of fused-ring (bicyclic) bond motifs is 3. The van der Waals surface area contributed by atoms with Gasteiger partial charge in [-0.3, -0.25) is 38.5 Å². The van der Waals surface area contributed by atoms with E-state index in [0.717, 1.165) is 0 Å². The number of hydrogen-bond acceptors (Lipinski definition) is 12. The molecule has 4 aliphatic heterocycles. The van der Waals surface area contributed by atoms with Gasteiger partial charge in [-0.1, -0.05) is 60.7 Å². The second kappa shape index (κ2) is 16.9. The van der Waals surface area contributed by atoms with Crippen molar-refractivity contribution in [2.75, 3.05) is 0 Å². The standard InChI is InChI=1S/C25H23N5O6S.C17H18N2O6S/c1-25(2)19(24(35)36)30-22(34)17(23(30)37-25)29-21(33)15(12-7-4-3-5-8-12)28-20(32)13-11-27-14-9-6-10-26-16(14)18(13)31;1-17(2)11(16(24)25)19-13(21)10(14(19)26-17)18-12(20)9(15(22)23)8-6-4-3-5-7-8/h3-11,15,17,19,23H,1-2H3,(H,27,31)(H,28,32)(H,29,33)(H,35,36);3-7,9-11,14H,1-2H3,(H,18,20)(H,22,23)(H,24,25)/t15-,17-,19+,23-;9?,10-,11+,14-/m11/s1. The molecular formula is C42H41N7O12S2. The van der Waals surface area contributed by atoms with E-state index in [1.807, 2.05) is 0 Å². The number of aliphatic carboxylic acids is 3. The number of thioether (sulfide) groups is 2. The van der Waals surface area contributed by atoms with E-state index in [1.54, 1.807) is 88.4 Å². The van der Waals surface area contributed by atoms with Crippen LogP contribution < -0.4 is 21.4 Å². The first-order chi connectivity index (χ1) is 29.7. The summed E-state index contributed by atoms with van der Waals surface area (Å²) < 4.78 is -1.46. The molecule has 2 aromatic carbocycles. The summed E-state index contributed by atoms with van der Waals surface area (Å²) in [7, 11) is 0. The van der Waals surface area contributed by atoms with Gasteiger partial charge in [0.15, 0.2) is 5.92 Å². The maximum Gasteiger partial charge on any atom is 0.327 e. The summed E-state index contributed by atoms with van der Waals surface area (Å²) in [5.74, 6) is -8.22. The van der Waals surface area contributed by atoms with Gasteiger partial charge in [0.25, 0.3) is 5.91 Å². The molecule has 63 heavy (non-hydrogen) atoms. The fourth-order valence-corrected chi connectivity index (χ4v) is 11.4. The summed E-state index contributed by atoms with van der Waals surface area (Å²) in [6.45, 7) is 6.93. The second-order valence-corrected chi connectivity index (χ2v) is 19.6. The van der Waals surface area contributed by atoms with Crippen molar-refractivity contribution in [2.24, 2.45) is 0 Å². The van der Waals surface area contributed by atoms with Crippen LogP contribution in [0.25, 0.3) is 11.0 Å². The minimum absolute atomic E-state index is 0.0878. The zero-order valence-corrected chi connectivity index (χ0v) is 35.5. The summed E-state index contributed by atoms with van der Waals surface area (Å²) >= 11 is 2.58. The number of pyridine rings is 2. The van der Waals surface area contributed by atoms with Gasteiger partial charge in [-0.05, 0) is 51.0 Å². The summed E-state index contributed by atoms with van der Waals surface area (Å²) in [4.78, 5) is 121. The number of nitrogens with zero attached hydrogens (tertiary/aromatic N) is 3. The lowest BCUT2D eigenvalue weighted by Crippen LogP contribution is -2.71. The molecule has 5 amide bonds. The molecule has 8 atom stereocenters. The molecule has 6 heterocycles. The smallest absolute Gasteiger partial charge is 0.327 e. The van der Waals surface area contributed by atoms with Crippen molar-refractivity contribution in [3.8, 4) is 0 Å². The number of amides is 5. The van der Waals surface area contributed by atoms with Gasteiger partial charge in [0.2, 0.25) is 29.1 Å².